The maximum absolute atomic E-state index is 13.1. The first kappa shape index (κ1) is 20.1. The molecule has 1 heterocycles. The summed E-state index contributed by atoms with van der Waals surface area (Å²) in [6.07, 6.45) is 1.68. The van der Waals surface area contributed by atoms with Gasteiger partial charge < -0.3 is 9.64 Å². The van der Waals surface area contributed by atoms with Crippen molar-refractivity contribution in [2.45, 2.75) is 51.7 Å². The average Bonchev–Trinajstić information content (AvgIpc) is 2.67. The molecule has 1 aromatic rings. The largest absolute Gasteiger partial charge is 0.352 e. The van der Waals surface area contributed by atoms with Crippen molar-refractivity contribution in [3.63, 3.8) is 0 Å². The molecule has 0 saturated carbocycles. The molecule has 0 aromatic heterocycles. The molecular weight excluding hydrogens is 310 g/mol. The number of nitrogens with zero attached hydrogens (tertiary/aromatic N) is 1. The van der Waals surface area contributed by atoms with Gasteiger partial charge in [0, 0.05) is 5.92 Å². The fraction of sp³-hybridized carbons (Fsp3) is 0.632. The van der Waals surface area contributed by atoms with Crippen molar-refractivity contribution in [1.29, 1.82) is 0 Å². The molecule has 1 aliphatic heterocycles. The van der Waals surface area contributed by atoms with Crippen molar-refractivity contribution in [1.82, 2.24) is 4.90 Å². The Hall–Kier alpha value is -0.900. The van der Waals surface area contributed by atoms with Gasteiger partial charge in [0.25, 0.3) is 0 Å². The normalized spacial score (nSPS) is 22.1. The van der Waals surface area contributed by atoms with Gasteiger partial charge in [-0.25, -0.2) is 0 Å². The number of benzene rings is 1. The van der Waals surface area contributed by atoms with Gasteiger partial charge in [0.15, 0.2) is 11.4 Å². The highest BCUT2D eigenvalue weighted by atomic mass is 35.5. The lowest BCUT2D eigenvalue weighted by Gasteiger charge is -2.33. The van der Waals surface area contributed by atoms with Gasteiger partial charge >= 0.3 is 0 Å². The minimum absolute atomic E-state index is 0. The van der Waals surface area contributed by atoms with Gasteiger partial charge in [-0.05, 0) is 58.5 Å². The third kappa shape index (κ3) is 3.78. The predicted molar refractivity (Wildman–Crippen MR) is 97.1 cm³/mol. The van der Waals surface area contributed by atoms with Crippen LogP contribution in [0.5, 0.6) is 0 Å². The van der Waals surface area contributed by atoms with Crippen LogP contribution in [0.4, 0.5) is 0 Å². The van der Waals surface area contributed by atoms with E-state index in [-0.39, 0.29) is 24.1 Å². The van der Waals surface area contributed by atoms with Crippen LogP contribution in [-0.2, 0) is 20.7 Å². The number of carbonyl (C=O) groups is 1. The van der Waals surface area contributed by atoms with Crippen LogP contribution in [0.25, 0.3) is 0 Å². The van der Waals surface area contributed by atoms with Gasteiger partial charge in [-0.3, -0.25) is 4.79 Å². The van der Waals surface area contributed by atoms with Crippen LogP contribution in [-0.4, -0.2) is 31.3 Å². The molecule has 1 unspecified atom stereocenters. The first-order valence-corrected chi connectivity index (χ1v) is 8.20. The molecule has 1 atom stereocenters. The van der Waals surface area contributed by atoms with Crippen molar-refractivity contribution in [2.75, 3.05) is 20.6 Å². The summed E-state index contributed by atoms with van der Waals surface area (Å²) in [5.74, 6) is 0.158. The second-order valence-corrected chi connectivity index (χ2v) is 7.41. The zero-order valence-electron chi connectivity index (χ0n) is 15.2. The number of hydrogen-bond donors (Lipinski definition) is 0. The molecule has 0 aliphatic carbocycles. The molecule has 3 nitrogen and oxygen atoms in total. The Kier molecular flexibility index (Phi) is 6.42. The van der Waals surface area contributed by atoms with E-state index in [0.29, 0.717) is 0 Å². The molecule has 1 aliphatic rings. The van der Waals surface area contributed by atoms with Crippen molar-refractivity contribution in [3.05, 3.63) is 35.4 Å². The summed E-state index contributed by atoms with van der Waals surface area (Å²) >= 11 is 0. The molecule has 0 fully saturated rings. The van der Waals surface area contributed by atoms with Crippen molar-refractivity contribution in [2.24, 2.45) is 5.92 Å². The van der Waals surface area contributed by atoms with Gasteiger partial charge in [-0.2, -0.15) is 0 Å². The molecule has 4 heteroatoms. The maximum Gasteiger partial charge on any atom is 0.171 e. The summed E-state index contributed by atoms with van der Waals surface area (Å²) in [7, 11) is 4.12. The Morgan fingerprint density at radius 3 is 2.26 bits per heavy atom. The van der Waals surface area contributed by atoms with Gasteiger partial charge in [0.1, 0.15) is 0 Å². The summed E-state index contributed by atoms with van der Waals surface area (Å²) in [4.78, 5) is 15.2. The van der Waals surface area contributed by atoms with Gasteiger partial charge in [-0.15, -0.1) is 12.4 Å². The second kappa shape index (κ2) is 7.33. The Morgan fingerprint density at radius 1 is 1.17 bits per heavy atom. The van der Waals surface area contributed by atoms with Crippen LogP contribution in [0, 0.1) is 5.92 Å². The van der Waals surface area contributed by atoms with Crippen LogP contribution in [0.3, 0.4) is 0 Å². The number of rotatable bonds is 6. The maximum atomic E-state index is 13.1. The molecule has 1 aromatic carbocycles. The first-order valence-electron chi connectivity index (χ1n) is 8.20. The molecule has 130 valence electrons. The highest BCUT2D eigenvalue weighted by molar-refractivity contribution is 5.91. The van der Waals surface area contributed by atoms with E-state index in [1.54, 1.807) is 0 Å². The third-order valence-corrected chi connectivity index (χ3v) is 4.50. The van der Waals surface area contributed by atoms with E-state index in [1.807, 2.05) is 26.0 Å². The summed E-state index contributed by atoms with van der Waals surface area (Å²) in [6.45, 7) is 9.01. The molecule has 0 amide bonds. The Morgan fingerprint density at radius 2 is 1.74 bits per heavy atom. The number of Topliss-reactive ketones (excluding diaryl/α,β-unsaturated/α-hetero) is 1. The number of ether oxygens (including phenoxy) is 1. The SMILES string of the molecule is CC(C)C(=O)C1(CCCN(C)C)OC(C)(C)c2ccccc21.Cl. The lowest BCUT2D eigenvalue weighted by Crippen LogP contribution is -2.41. The third-order valence-electron chi connectivity index (χ3n) is 4.50. The molecule has 23 heavy (non-hydrogen) atoms. The molecule has 0 N–H and O–H groups in total. The van der Waals surface area contributed by atoms with Crippen molar-refractivity contribution >= 4 is 18.2 Å². The topological polar surface area (TPSA) is 29.5 Å². The lowest BCUT2D eigenvalue weighted by molar-refractivity contribution is -0.168. The lowest BCUT2D eigenvalue weighted by atomic mass is 9.79. The van der Waals surface area contributed by atoms with Gasteiger partial charge in [-0.1, -0.05) is 38.1 Å². The molecule has 0 spiro atoms. The standard InChI is InChI=1S/C19H29NO2.ClH/c1-14(2)17(21)19(12-9-13-20(5)6)16-11-8-7-10-15(16)18(3,4)22-19;/h7-8,10-11,14H,9,12-13H2,1-6H3;1H. The molecule has 0 saturated heterocycles. The minimum atomic E-state index is -0.787. The second-order valence-electron chi connectivity index (χ2n) is 7.41. The summed E-state index contributed by atoms with van der Waals surface area (Å²) < 4.78 is 6.44. The summed E-state index contributed by atoms with van der Waals surface area (Å²) in [5.41, 5.74) is 1.01. The van der Waals surface area contributed by atoms with Crippen LogP contribution in [0.15, 0.2) is 24.3 Å². The fourth-order valence-electron chi connectivity index (χ4n) is 3.51. The number of hydrogen-bond acceptors (Lipinski definition) is 3. The Labute approximate surface area is 146 Å². The smallest absolute Gasteiger partial charge is 0.171 e. The van der Waals surface area contributed by atoms with E-state index in [2.05, 4.69) is 45.0 Å². The van der Waals surface area contributed by atoms with E-state index in [1.165, 1.54) is 0 Å². The fourth-order valence-corrected chi connectivity index (χ4v) is 3.51. The number of carbonyl (C=O) groups excluding carboxylic acids is 1. The van der Waals surface area contributed by atoms with E-state index in [0.717, 1.165) is 30.5 Å². The quantitative estimate of drug-likeness (QED) is 0.780. The van der Waals surface area contributed by atoms with Crippen LogP contribution in [0.2, 0.25) is 0 Å². The molecule has 0 bridgehead atoms. The Bertz CT molecular complexity index is 554. The zero-order valence-corrected chi connectivity index (χ0v) is 16.0. The summed E-state index contributed by atoms with van der Waals surface area (Å²) in [5, 5.41) is 0. The first-order chi connectivity index (χ1) is 10.2. The van der Waals surface area contributed by atoms with Crippen LogP contribution < -0.4 is 0 Å². The molecule has 0 radical (unpaired) electrons. The van der Waals surface area contributed by atoms with Gasteiger partial charge in [0.05, 0.1) is 5.60 Å². The van der Waals surface area contributed by atoms with Crippen LogP contribution >= 0.6 is 12.4 Å². The molecular formula is C19H30ClNO2. The minimum Gasteiger partial charge on any atom is -0.352 e. The zero-order chi connectivity index (χ0) is 16.5. The van der Waals surface area contributed by atoms with E-state index in [4.69, 9.17) is 4.74 Å². The average molecular weight is 340 g/mol. The monoisotopic (exact) mass is 339 g/mol. The van der Waals surface area contributed by atoms with Gasteiger partial charge in [0.2, 0.25) is 0 Å². The summed E-state index contributed by atoms with van der Waals surface area (Å²) in [6, 6.07) is 8.20. The molecule has 2 rings (SSSR count). The van der Waals surface area contributed by atoms with Crippen molar-refractivity contribution < 1.29 is 9.53 Å². The highest BCUT2D eigenvalue weighted by Gasteiger charge is 2.53. The number of ketones is 1. The van der Waals surface area contributed by atoms with E-state index < -0.39 is 11.2 Å². The van der Waals surface area contributed by atoms with Crippen LogP contribution in [0.1, 0.15) is 51.7 Å². The van der Waals surface area contributed by atoms with E-state index in [9.17, 15) is 4.79 Å². The number of halogens is 1. The Balaban J connectivity index is 0.00000264. The van der Waals surface area contributed by atoms with E-state index >= 15 is 0 Å². The van der Waals surface area contributed by atoms with Crippen molar-refractivity contribution in [3.8, 4) is 0 Å². The number of fused-ring (bicyclic) bond motifs is 1. The predicted octanol–water partition coefficient (Wildman–Crippen LogP) is 4.14. The highest BCUT2D eigenvalue weighted by Crippen LogP contribution is 2.50.